The van der Waals surface area contributed by atoms with Crippen molar-refractivity contribution < 1.29 is 4.79 Å². The molecule has 14 heavy (non-hydrogen) atoms. The highest BCUT2D eigenvalue weighted by atomic mass is 32.2. The van der Waals surface area contributed by atoms with Gasteiger partial charge in [-0.2, -0.15) is 11.8 Å². The van der Waals surface area contributed by atoms with Crippen LogP contribution in [0.1, 0.15) is 20.3 Å². The van der Waals surface area contributed by atoms with Crippen LogP contribution in [0.4, 0.5) is 0 Å². The van der Waals surface area contributed by atoms with Gasteiger partial charge < -0.3 is 5.32 Å². The number of carbonyl (C=O) groups excluding carboxylic acids is 1. The van der Waals surface area contributed by atoms with Gasteiger partial charge >= 0.3 is 0 Å². The molecule has 2 aliphatic rings. The lowest BCUT2D eigenvalue weighted by molar-refractivity contribution is -0.123. The second kappa shape index (κ2) is 3.46. The van der Waals surface area contributed by atoms with Crippen molar-refractivity contribution in [3.63, 3.8) is 0 Å². The first-order chi connectivity index (χ1) is 6.66. The Bertz CT molecular complexity index is 292. The highest BCUT2D eigenvalue weighted by molar-refractivity contribution is 8.00. The topological polar surface area (TPSA) is 53.5 Å². The summed E-state index contributed by atoms with van der Waals surface area (Å²) in [6.45, 7) is 4.81. The largest absolute Gasteiger partial charge is 0.341 e. The zero-order valence-corrected chi connectivity index (χ0v) is 9.28. The fourth-order valence-electron chi connectivity index (χ4n) is 1.92. The van der Waals surface area contributed by atoms with Gasteiger partial charge in [0, 0.05) is 17.5 Å². The maximum Gasteiger partial charge on any atom is 0.253 e. The van der Waals surface area contributed by atoms with E-state index in [1.54, 1.807) is 0 Å². The molecule has 1 spiro atoms. The lowest BCUT2D eigenvalue weighted by Gasteiger charge is -2.18. The predicted octanol–water partition coefficient (Wildman–Crippen LogP) is 0.346. The van der Waals surface area contributed by atoms with Crippen LogP contribution in [0.15, 0.2) is 4.99 Å². The van der Waals surface area contributed by atoms with Gasteiger partial charge in [0.1, 0.15) is 5.54 Å². The zero-order chi connectivity index (χ0) is 10.2. The van der Waals surface area contributed by atoms with E-state index >= 15 is 0 Å². The van der Waals surface area contributed by atoms with Gasteiger partial charge in [0.15, 0.2) is 5.96 Å². The van der Waals surface area contributed by atoms with Crippen molar-refractivity contribution in [1.82, 2.24) is 10.6 Å². The van der Waals surface area contributed by atoms with Gasteiger partial charge in [0.25, 0.3) is 5.91 Å². The highest BCUT2D eigenvalue weighted by Gasteiger charge is 2.49. The van der Waals surface area contributed by atoms with Gasteiger partial charge in [-0.15, -0.1) is 0 Å². The molecule has 1 amide bonds. The molecule has 5 heteroatoms. The SMILES string of the molecule is CCN=C1NC(=O)C2(CSC(C)C2)N1. The van der Waals surface area contributed by atoms with E-state index in [0.29, 0.717) is 17.8 Å². The first-order valence-corrected chi connectivity index (χ1v) is 5.97. The molecule has 0 aromatic carbocycles. The summed E-state index contributed by atoms with van der Waals surface area (Å²) in [6, 6.07) is 0. The van der Waals surface area contributed by atoms with Crippen LogP contribution in [-0.4, -0.2) is 35.0 Å². The van der Waals surface area contributed by atoms with E-state index in [0.717, 1.165) is 12.2 Å². The van der Waals surface area contributed by atoms with Crippen molar-refractivity contribution in [2.24, 2.45) is 4.99 Å². The van der Waals surface area contributed by atoms with Crippen LogP contribution in [-0.2, 0) is 4.79 Å². The second-order valence-corrected chi connectivity index (χ2v) is 5.24. The molecule has 2 rings (SSSR count). The lowest BCUT2D eigenvalue weighted by atomic mass is 9.97. The van der Waals surface area contributed by atoms with Crippen molar-refractivity contribution in [1.29, 1.82) is 0 Å². The Morgan fingerprint density at radius 2 is 2.50 bits per heavy atom. The minimum atomic E-state index is -0.377. The minimum Gasteiger partial charge on any atom is -0.341 e. The number of carbonyl (C=O) groups is 1. The van der Waals surface area contributed by atoms with Crippen LogP contribution >= 0.6 is 11.8 Å². The first kappa shape index (κ1) is 9.83. The summed E-state index contributed by atoms with van der Waals surface area (Å²) >= 11 is 1.84. The number of rotatable bonds is 1. The van der Waals surface area contributed by atoms with E-state index < -0.39 is 0 Å². The summed E-state index contributed by atoms with van der Waals surface area (Å²) in [5.41, 5.74) is -0.377. The average Bonchev–Trinajstić information content (AvgIpc) is 2.61. The van der Waals surface area contributed by atoms with E-state index in [-0.39, 0.29) is 11.4 Å². The summed E-state index contributed by atoms with van der Waals surface area (Å²) in [5.74, 6) is 1.58. The molecule has 0 aliphatic carbocycles. The molecule has 2 fully saturated rings. The molecule has 2 aliphatic heterocycles. The molecule has 2 atom stereocenters. The van der Waals surface area contributed by atoms with Crippen molar-refractivity contribution in [3.05, 3.63) is 0 Å². The van der Waals surface area contributed by atoms with E-state index in [1.807, 2.05) is 18.7 Å². The Morgan fingerprint density at radius 1 is 1.71 bits per heavy atom. The smallest absolute Gasteiger partial charge is 0.253 e. The molecule has 2 heterocycles. The number of guanidine groups is 1. The molecular formula is C9H15N3OS. The van der Waals surface area contributed by atoms with Crippen molar-refractivity contribution >= 4 is 23.6 Å². The van der Waals surface area contributed by atoms with Gasteiger partial charge in [-0.25, -0.2) is 0 Å². The Balaban J connectivity index is 2.15. The second-order valence-electron chi connectivity index (χ2n) is 3.81. The van der Waals surface area contributed by atoms with Crippen molar-refractivity contribution in [3.8, 4) is 0 Å². The van der Waals surface area contributed by atoms with Crippen LogP contribution in [0, 0.1) is 0 Å². The molecule has 0 saturated carbocycles. The van der Waals surface area contributed by atoms with Crippen LogP contribution in [0.3, 0.4) is 0 Å². The molecular weight excluding hydrogens is 198 g/mol. The molecule has 2 N–H and O–H groups in total. The van der Waals surface area contributed by atoms with Gasteiger partial charge in [-0.05, 0) is 13.3 Å². The molecule has 2 unspecified atom stereocenters. The van der Waals surface area contributed by atoms with Crippen LogP contribution in [0.2, 0.25) is 0 Å². The quantitative estimate of drug-likeness (QED) is 0.660. The number of aliphatic imine (C=N–C) groups is 1. The number of hydrogen-bond acceptors (Lipinski definition) is 3. The molecule has 4 nitrogen and oxygen atoms in total. The zero-order valence-electron chi connectivity index (χ0n) is 8.46. The normalized spacial score (nSPS) is 39.1. The Labute approximate surface area is 87.9 Å². The Hall–Kier alpha value is -0.710. The molecule has 0 aromatic heterocycles. The molecule has 0 radical (unpaired) electrons. The lowest BCUT2D eigenvalue weighted by Crippen LogP contribution is -2.47. The van der Waals surface area contributed by atoms with Crippen molar-refractivity contribution in [2.45, 2.75) is 31.1 Å². The van der Waals surface area contributed by atoms with Gasteiger partial charge in [-0.3, -0.25) is 15.1 Å². The summed E-state index contributed by atoms with van der Waals surface area (Å²) in [4.78, 5) is 15.9. The number of nitrogens with one attached hydrogen (secondary N) is 2. The van der Waals surface area contributed by atoms with Gasteiger partial charge in [0.2, 0.25) is 0 Å². The fourth-order valence-corrected chi connectivity index (χ4v) is 3.21. The van der Waals surface area contributed by atoms with Gasteiger partial charge in [-0.1, -0.05) is 6.92 Å². The van der Waals surface area contributed by atoms with Crippen molar-refractivity contribution in [2.75, 3.05) is 12.3 Å². The maximum atomic E-state index is 11.8. The third-order valence-corrected chi connectivity index (χ3v) is 3.99. The maximum absolute atomic E-state index is 11.8. The predicted molar refractivity (Wildman–Crippen MR) is 58.5 cm³/mol. The first-order valence-electron chi connectivity index (χ1n) is 4.92. The highest BCUT2D eigenvalue weighted by Crippen LogP contribution is 2.35. The van der Waals surface area contributed by atoms with E-state index in [1.165, 1.54) is 0 Å². The molecule has 0 bridgehead atoms. The number of thioether (sulfide) groups is 1. The minimum absolute atomic E-state index is 0.0848. The summed E-state index contributed by atoms with van der Waals surface area (Å²) in [6.07, 6.45) is 0.895. The van der Waals surface area contributed by atoms with E-state index in [9.17, 15) is 4.79 Å². The molecule has 78 valence electrons. The van der Waals surface area contributed by atoms with E-state index in [4.69, 9.17) is 0 Å². The Morgan fingerprint density at radius 3 is 3.07 bits per heavy atom. The molecule has 0 aromatic rings. The van der Waals surface area contributed by atoms with Gasteiger partial charge in [0.05, 0.1) is 0 Å². The number of amides is 1. The third-order valence-electron chi connectivity index (χ3n) is 2.59. The van der Waals surface area contributed by atoms with Crippen LogP contribution in [0.25, 0.3) is 0 Å². The van der Waals surface area contributed by atoms with Crippen LogP contribution in [0.5, 0.6) is 0 Å². The standard InChI is InChI=1S/C9H15N3OS/c1-3-10-8-11-7(13)9(12-8)4-6(2)14-5-9/h6H,3-5H2,1-2H3,(H2,10,11,12,13). The molecule has 2 saturated heterocycles. The summed E-state index contributed by atoms with van der Waals surface area (Å²) < 4.78 is 0. The summed E-state index contributed by atoms with van der Waals surface area (Å²) in [5, 5.41) is 6.56. The number of hydrogen-bond donors (Lipinski definition) is 2. The Kier molecular flexibility index (Phi) is 2.43. The number of nitrogens with zero attached hydrogens (tertiary/aromatic N) is 1. The van der Waals surface area contributed by atoms with E-state index in [2.05, 4.69) is 22.5 Å². The van der Waals surface area contributed by atoms with Crippen LogP contribution < -0.4 is 10.6 Å². The average molecular weight is 213 g/mol. The fraction of sp³-hybridized carbons (Fsp3) is 0.778. The summed E-state index contributed by atoms with van der Waals surface area (Å²) in [7, 11) is 0. The monoisotopic (exact) mass is 213 g/mol. The third kappa shape index (κ3) is 1.49.